The highest BCUT2D eigenvalue weighted by atomic mass is 32.1. The Morgan fingerprint density at radius 2 is 2.24 bits per heavy atom. The number of aliphatic carboxylic acids is 1. The summed E-state index contributed by atoms with van der Waals surface area (Å²) in [5, 5.41) is 13.5. The van der Waals surface area contributed by atoms with Gasteiger partial charge in [0.2, 0.25) is 5.91 Å². The molecule has 1 heterocycles. The van der Waals surface area contributed by atoms with E-state index in [-0.39, 0.29) is 24.3 Å². The number of nitrogens with one attached hydrogen (secondary N) is 1. The van der Waals surface area contributed by atoms with Gasteiger partial charge in [-0.3, -0.25) is 9.59 Å². The molecule has 0 aromatic carbocycles. The summed E-state index contributed by atoms with van der Waals surface area (Å²) in [5.41, 5.74) is 0. The van der Waals surface area contributed by atoms with Crippen LogP contribution in [-0.2, 0) is 16.0 Å². The normalized spacial score (nSPS) is 22.8. The Labute approximate surface area is 104 Å². The summed E-state index contributed by atoms with van der Waals surface area (Å²) in [6.07, 6.45) is 2.24. The predicted octanol–water partition coefficient (Wildman–Crippen LogP) is 1.66. The number of carbonyl (C=O) groups is 2. The van der Waals surface area contributed by atoms with E-state index in [1.807, 2.05) is 17.5 Å². The summed E-state index contributed by atoms with van der Waals surface area (Å²) in [6, 6.07) is 4.05. The Balaban J connectivity index is 1.66. The second kappa shape index (κ2) is 5.31. The fraction of sp³-hybridized carbons (Fsp3) is 0.500. The van der Waals surface area contributed by atoms with E-state index >= 15 is 0 Å². The summed E-state index contributed by atoms with van der Waals surface area (Å²) in [4.78, 5) is 23.1. The van der Waals surface area contributed by atoms with Crippen LogP contribution in [0.4, 0.5) is 0 Å². The highest BCUT2D eigenvalue weighted by Crippen LogP contribution is 2.30. The van der Waals surface area contributed by atoms with Crippen molar-refractivity contribution in [2.75, 3.05) is 0 Å². The third-order valence-corrected chi connectivity index (χ3v) is 3.86. The van der Waals surface area contributed by atoms with E-state index in [0.717, 1.165) is 17.7 Å². The maximum Gasteiger partial charge on any atom is 0.303 e. The van der Waals surface area contributed by atoms with Gasteiger partial charge in [-0.15, -0.1) is 11.3 Å². The molecule has 5 heteroatoms. The van der Waals surface area contributed by atoms with Crippen LogP contribution in [0.2, 0.25) is 0 Å². The van der Waals surface area contributed by atoms with Crippen LogP contribution in [0, 0.1) is 5.92 Å². The molecule has 2 N–H and O–H groups in total. The molecule has 1 amide bonds. The van der Waals surface area contributed by atoms with Gasteiger partial charge in [0.1, 0.15) is 0 Å². The van der Waals surface area contributed by atoms with Crippen LogP contribution in [0.15, 0.2) is 17.5 Å². The Morgan fingerprint density at radius 1 is 1.47 bits per heavy atom. The van der Waals surface area contributed by atoms with Gasteiger partial charge >= 0.3 is 5.97 Å². The molecule has 0 saturated heterocycles. The van der Waals surface area contributed by atoms with Gasteiger partial charge in [0.05, 0.1) is 6.42 Å². The topological polar surface area (TPSA) is 66.4 Å². The van der Waals surface area contributed by atoms with Gasteiger partial charge in [0, 0.05) is 17.3 Å². The van der Waals surface area contributed by atoms with Gasteiger partial charge in [-0.05, 0) is 30.2 Å². The van der Waals surface area contributed by atoms with E-state index in [9.17, 15) is 9.59 Å². The number of hydrogen-bond acceptors (Lipinski definition) is 3. The van der Waals surface area contributed by atoms with Crippen LogP contribution in [-0.4, -0.2) is 23.0 Å². The fourth-order valence-electron chi connectivity index (χ4n) is 2.12. The van der Waals surface area contributed by atoms with E-state index < -0.39 is 5.97 Å². The number of carbonyl (C=O) groups excluding carboxylic acids is 1. The molecule has 17 heavy (non-hydrogen) atoms. The van der Waals surface area contributed by atoms with Crippen molar-refractivity contribution in [2.45, 2.75) is 31.7 Å². The summed E-state index contributed by atoms with van der Waals surface area (Å²) in [6.45, 7) is 0. The van der Waals surface area contributed by atoms with E-state index in [1.54, 1.807) is 11.3 Å². The van der Waals surface area contributed by atoms with Crippen LogP contribution in [0.3, 0.4) is 0 Å². The van der Waals surface area contributed by atoms with Crippen LogP contribution < -0.4 is 5.32 Å². The molecule has 1 fully saturated rings. The van der Waals surface area contributed by atoms with Crippen molar-refractivity contribution >= 4 is 23.2 Å². The lowest BCUT2D eigenvalue weighted by atomic mass is 9.78. The Morgan fingerprint density at radius 3 is 2.82 bits per heavy atom. The lowest BCUT2D eigenvalue weighted by Crippen LogP contribution is -2.45. The number of carboxylic acid groups (broad SMARTS) is 1. The monoisotopic (exact) mass is 253 g/mol. The second-order valence-corrected chi connectivity index (χ2v) is 5.49. The first-order valence-corrected chi connectivity index (χ1v) is 6.55. The molecule has 0 unspecified atom stereocenters. The molecule has 1 aliphatic rings. The molecular weight excluding hydrogens is 238 g/mol. The lowest BCUT2D eigenvalue weighted by molar-refractivity contribution is -0.138. The third kappa shape index (κ3) is 3.56. The van der Waals surface area contributed by atoms with E-state index in [1.165, 1.54) is 0 Å². The minimum atomic E-state index is -0.752. The van der Waals surface area contributed by atoms with Crippen molar-refractivity contribution in [3.63, 3.8) is 0 Å². The van der Waals surface area contributed by atoms with Crippen LogP contribution in [0.5, 0.6) is 0 Å². The van der Waals surface area contributed by atoms with E-state index in [0.29, 0.717) is 6.42 Å². The number of rotatable bonds is 5. The van der Waals surface area contributed by atoms with E-state index in [2.05, 4.69) is 5.32 Å². The largest absolute Gasteiger partial charge is 0.481 e. The molecule has 1 saturated carbocycles. The molecule has 4 nitrogen and oxygen atoms in total. The summed E-state index contributed by atoms with van der Waals surface area (Å²) >= 11 is 1.57. The summed E-state index contributed by atoms with van der Waals surface area (Å²) in [5.74, 6) is -0.482. The first-order chi connectivity index (χ1) is 8.13. The standard InChI is InChI=1S/C12H15NO3S/c14-11(7-10-2-1-3-17-10)13-9-4-8(5-9)6-12(15)16/h1-3,8-9H,4-7H2,(H,13,14)(H,15,16). The first kappa shape index (κ1) is 12.1. The smallest absolute Gasteiger partial charge is 0.303 e. The number of carboxylic acids is 1. The van der Waals surface area contributed by atoms with Gasteiger partial charge < -0.3 is 10.4 Å². The molecule has 0 radical (unpaired) electrons. The summed E-state index contributed by atoms with van der Waals surface area (Å²) in [7, 11) is 0. The van der Waals surface area contributed by atoms with Crippen LogP contribution in [0.25, 0.3) is 0 Å². The van der Waals surface area contributed by atoms with Gasteiger partial charge in [0.15, 0.2) is 0 Å². The predicted molar refractivity (Wildman–Crippen MR) is 64.9 cm³/mol. The minimum absolute atomic E-state index is 0.0335. The van der Waals surface area contributed by atoms with Gasteiger partial charge in [-0.25, -0.2) is 0 Å². The van der Waals surface area contributed by atoms with Crippen LogP contribution in [0.1, 0.15) is 24.1 Å². The zero-order valence-electron chi connectivity index (χ0n) is 9.39. The average molecular weight is 253 g/mol. The molecule has 2 rings (SSSR count). The molecule has 1 aliphatic carbocycles. The molecule has 0 atom stereocenters. The second-order valence-electron chi connectivity index (χ2n) is 4.46. The quantitative estimate of drug-likeness (QED) is 0.838. The molecule has 0 aliphatic heterocycles. The number of amides is 1. The zero-order valence-corrected chi connectivity index (χ0v) is 10.2. The van der Waals surface area contributed by atoms with Gasteiger partial charge in [-0.1, -0.05) is 6.07 Å². The molecule has 92 valence electrons. The number of hydrogen-bond donors (Lipinski definition) is 2. The molecule has 1 aromatic rings. The Hall–Kier alpha value is -1.36. The highest BCUT2D eigenvalue weighted by molar-refractivity contribution is 7.10. The molecule has 0 bridgehead atoms. The van der Waals surface area contributed by atoms with Crippen LogP contribution >= 0.6 is 11.3 Å². The van der Waals surface area contributed by atoms with Crippen molar-refractivity contribution < 1.29 is 14.7 Å². The number of thiophene rings is 1. The maximum absolute atomic E-state index is 11.6. The van der Waals surface area contributed by atoms with E-state index in [4.69, 9.17) is 5.11 Å². The van der Waals surface area contributed by atoms with Gasteiger partial charge in [-0.2, -0.15) is 0 Å². The molecule has 1 aromatic heterocycles. The average Bonchev–Trinajstić information content (AvgIpc) is 2.66. The summed E-state index contributed by atoms with van der Waals surface area (Å²) < 4.78 is 0. The fourth-order valence-corrected chi connectivity index (χ4v) is 2.82. The maximum atomic E-state index is 11.6. The SMILES string of the molecule is O=C(O)CC1CC(NC(=O)Cc2cccs2)C1. The highest BCUT2D eigenvalue weighted by Gasteiger charge is 2.31. The Kier molecular flexibility index (Phi) is 3.78. The molecular formula is C12H15NO3S. The van der Waals surface area contributed by atoms with Crippen molar-refractivity contribution in [1.82, 2.24) is 5.32 Å². The zero-order chi connectivity index (χ0) is 12.3. The molecule has 0 spiro atoms. The van der Waals surface area contributed by atoms with Crippen molar-refractivity contribution in [2.24, 2.45) is 5.92 Å². The van der Waals surface area contributed by atoms with Crippen molar-refractivity contribution in [3.05, 3.63) is 22.4 Å². The van der Waals surface area contributed by atoms with Gasteiger partial charge in [0.25, 0.3) is 0 Å². The van der Waals surface area contributed by atoms with Crippen molar-refractivity contribution in [3.8, 4) is 0 Å². The van der Waals surface area contributed by atoms with Crippen molar-refractivity contribution in [1.29, 1.82) is 0 Å². The Bertz CT molecular complexity index is 396. The minimum Gasteiger partial charge on any atom is -0.481 e. The third-order valence-electron chi connectivity index (χ3n) is 2.98. The first-order valence-electron chi connectivity index (χ1n) is 5.67. The lowest BCUT2D eigenvalue weighted by Gasteiger charge is -2.34.